The number of nitrogens with zero attached hydrogens (tertiary/aromatic N) is 1. The molecule has 0 bridgehead atoms. The minimum Gasteiger partial charge on any atom is -0.310 e. The van der Waals surface area contributed by atoms with Gasteiger partial charge in [0.2, 0.25) is 0 Å². The molecule has 1 unspecified atom stereocenters. The lowest BCUT2D eigenvalue weighted by molar-refractivity contribution is 0.399. The van der Waals surface area contributed by atoms with Crippen molar-refractivity contribution in [2.45, 2.75) is 45.1 Å². The van der Waals surface area contributed by atoms with Gasteiger partial charge in [-0.15, -0.1) is 0 Å². The Morgan fingerprint density at radius 3 is 2.82 bits per heavy atom. The van der Waals surface area contributed by atoms with Gasteiger partial charge in [0.25, 0.3) is 0 Å². The molecular weight excluding hydrogens is 215 g/mol. The van der Waals surface area contributed by atoms with Crippen molar-refractivity contribution in [3.8, 4) is 0 Å². The number of hydrogen-bond acceptors (Lipinski definition) is 2. The van der Waals surface area contributed by atoms with E-state index in [0.29, 0.717) is 0 Å². The maximum atomic E-state index is 13.2. The third kappa shape index (κ3) is 3.50. The van der Waals surface area contributed by atoms with E-state index in [1.54, 1.807) is 12.3 Å². The molecule has 1 heterocycles. The van der Waals surface area contributed by atoms with E-state index in [0.717, 1.165) is 24.4 Å². The van der Waals surface area contributed by atoms with Crippen LogP contribution in [0.4, 0.5) is 4.39 Å². The molecule has 1 saturated carbocycles. The van der Waals surface area contributed by atoms with Crippen LogP contribution in [0, 0.1) is 11.7 Å². The molecule has 0 aliphatic heterocycles. The highest BCUT2D eigenvalue weighted by Crippen LogP contribution is 2.32. The molecule has 1 aromatic rings. The summed E-state index contributed by atoms with van der Waals surface area (Å²) in [4.78, 5) is 3.95. The van der Waals surface area contributed by atoms with Gasteiger partial charge in [0.05, 0.1) is 6.20 Å². The van der Waals surface area contributed by atoms with Crippen LogP contribution in [0.1, 0.15) is 50.6 Å². The third-order valence-corrected chi connectivity index (χ3v) is 3.62. The molecule has 17 heavy (non-hydrogen) atoms. The summed E-state index contributed by atoms with van der Waals surface area (Å²) in [7, 11) is 0. The Bertz CT molecular complexity index is 348. The topological polar surface area (TPSA) is 24.9 Å². The lowest BCUT2D eigenvalue weighted by Gasteiger charge is -2.21. The Morgan fingerprint density at radius 2 is 2.18 bits per heavy atom. The van der Waals surface area contributed by atoms with Crippen molar-refractivity contribution in [1.29, 1.82) is 0 Å². The predicted molar refractivity (Wildman–Crippen MR) is 67.2 cm³/mol. The molecule has 1 atom stereocenters. The second-order valence-corrected chi connectivity index (χ2v) is 4.93. The van der Waals surface area contributed by atoms with E-state index in [1.807, 2.05) is 0 Å². The quantitative estimate of drug-likeness (QED) is 0.847. The van der Waals surface area contributed by atoms with Gasteiger partial charge >= 0.3 is 0 Å². The normalized spacial score (nSPS) is 18.5. The van der Waals surface area contributed by atoms with Gasteiger partial charge in [-0.05, 0) is 30.5 Å². The lowest BCUT2D eigenvalue weighted by Crippen LogP contribution is -2.23. The fourth-order valence-electron chi connectivity index (χ4n) is 2.78. The van der Waals surface area contributed by atoms with Crippen molar-refractivity contribution in [3.63, 3.8) is 0 Å². The highest BCUT2D eigenvalue weighted by atomic mass is 19.1. The molecule has 1 aliphatic rings. The zero-order valence-corrected chi connectivity index (χ0v) is 10.5. The monoisotopic (exact) mass is 236 g/mol. The highest BCUT2D eigenvalue weighted by molar-refractivity contribution is 5.15. The van der Waals surface area contributed by atoms with Crippen LogP contribution in [0.15, 0.2) is 18.5 Å². The molecule has 0 aromatic carbocycles. The molecule has 0 amide bonds. The standard InChI is InChI=1S/C14H21FN2/c1-2-17-14(7-11-5-3-4-6-11)12-8-13(15)10-16-9-12/h8-11,14,17H,2-7H2,1H3. The van der Waals surface area contributed by atoms with Gasteiger partial charge in [-0.2, -0.15) is 0 Å². The maximum Gasteiger partial charge on any atom is 0.141 e. The summed E-state index contributed by atoms with van der Waals surface area (Å²) in [6.07, 6.45) is 9.51. The molecule has 0 spiro atoms. The number of pyridine rings is 1. The first-order chi connectivity index (χ1) is 8.29. The molecular formula is C14H21FN2. The smallest absolute Gasteiger partial charge is 0.141 e. The molecule has 1 aliphatic carbocycles. The van der Waals surface area contributed by atoms with Crippen LogP contribution in [0.25, 0.3) is 0 Å². The SMILES string of the molecule is CCNC(CC1CCCC1)c1cncc(F)c1. The first kappa shape index (κ1) is 12.5. The molecule has 94 valence electrons. The zero-order chi connectivity index (χ0) is 12.1. The zero-order valence-electron chi connectivity index (χ0n) is 10.5. The molecule has 1 N–H and O–H groups in total. The van der Waals surface area contributed by atoms with Gasteiger partial charge in [0.1, 0.15) is 5.82 Å². The van der Waals surface area contributed by atoms with Gasteiger partial charge in [0, 0.05) is 12.2 Å². The van der Waals surface area contributed by atoms with E-state index in [9.17, 15) is 4.39 Å². The Kier molecular flexibility index (Phi) is 4.49. The van der Waals surface area contributed by atoms with Crippen LogP contribution < -0.4 is 5.32 Å². The van der Waals surface area contributed by atoms with Crippen molar-refractivity contribution < 1.29 is 4.39 Å². The number of halogens is 1. The second-order valence-electron chi connectivity index (χ2n) is 4.93. The van der Waals surface area contributed by atoms with Crippen LogP contribution in [0.3, 0.4) is 0 Å². The van der Waals surface area contributed by atoms with Crippen LogP contribution in [-0.4, -0.2) is 11.5 Å². The fourth-order valence-corrected chi connectivity index (χ4v) is 2.78. The number of aromatic nitrogens is 1. The second kappa shape index (κ2) is 6.10. The Labute approximate surface area is 103 Å². The summed E-state index contributed by atoms with van der Waals surface area (Å²) in [5.41, 5.74) is 0.985. The minimum absolute atomic E-state index is 0.239. The summed E-state index contributed by atoms with van der Waals surface area (Å²) in [5.74, 6) is 0.555. The van der Waals surface area contributed by atoms with Crippen molar-refractivity contribution in [3.05, 3.63) is 29.8 Å². The number of hydrogen-bond donors (Lipinski definition) is 1. The van der Waals surface area contributed by atoms with Gasteiger partial charge in [-0.25, -0.2) is 4.39 Å². The Morgan fingerprint density at radius 1 is 1.41 bits per heavy atom. The predicted octanol–water partition coefficient (Wildman–Crippen LogP) is 3.45. The van der Waals surface area contributed by atoms with Crippen molar-refractivity contribution >= 4 is 0 Å². The molecule has 2 nitrogen and oxygen atoms in total. The van der Waals surface area contributed by atoms with Crippen molar-refractivity contribution in [2.24, 2.45) is 5.92 Å². The largest absolute Gasteiger partial charge is 0.310 e. The van der Waals surface area contributed by atoms with Crippen molar-refractivity contribution in [1.82, 2.24) is 10.3 Å². The Balaban J connectivity index is 2.04. The average Bonchev–Trinajstić information content (AvgIpc) is 2.81. The number of rotatable bonds is 5. The van der Waals surface area contributed by atoms with E-state index < -0.39 is 0 Å². The molecule has 1 aromatic heterocycles. The van der Waals surface area contributed by atoms with E-state index in [-0.39, 0.29) is 11.9 Å². The van der Waals surface area contributed by atoms with Crippen LogP contribution in [0.2, 0.25) is 0 Å². The summed E-state index contributed by atoms with van der Waals surface area (Å²) in [6.45, 7) is 3.00. The maximum absolute atomic E-state index is 13.2. The van der Waals surface area contributed by atoms with E-state index >= 15 is 0 Å². The lowest BCUT2D eigenvalue weighted by atomic mass is 9.94. The minimum atomic E-state index is -0.239. The van der Waals surface area contributed by atoms with E-state index in [1.165, 1.54) is 31.9 Å². The summed E-state index contributed by atoms with van der Waals surface area (Å²) < 4.78 is 13.2. The van der Waals surface area contributed by atoms with Gasteiger partial charge < -0.3 is 5.32 Å². The van der Waals surface area contributed by atoms with Crippen LogP contribution >= 0.6 is 0 Å². The summed E-state index contributed by atoms with van der Waals surface area (Å²) >= 11 is 0. The van der Waals surface area contributed by atoms with Gasteiger partial charge in [0.15, 0.2) is 0 Å². The highest BCUT2D eigenvalue weighted by Gasteiger charge is 2.21. The molecule has 3 heteroatoms. The summed E-state index contributed by atoms with van der Waals surface area (Å²) in [5, 5.41) is 3.45. The molecule has 0 saturated heterocycles. The first-order valence-corrected chi connectivity index (χ1v) is 6.63. The molecule has 0 radical (unpaired) electrons. The third-order valence-electron chi connectivity index (χ3n) is 3.62. The van der Waals surface area contributed by atoms with E-state index in [4.69, 9.17) is 0 Å². The molecule has 1 fully saturated rings. The first-order valence-electron chi connectivity index (χ1n) is 6.63. The van der Waals surface area contributed by atoms with Crippen LogP contribution in [-0.2, 0) is 0 Å². The average molecular weight is 236 g/mol. The van der Waals surface area contributed by atoms with Crippen LogP contribution in [0.5, 0.6) is 0 Å². The van der Waals surface area contributed by atoms with Gasteiger partial charge in [-0.3, -0.25) is 4.98 Å². The van der Waals surface area contributed by atoms with Crippen molar-refractivity contribution in [2.75, 3.05) is 6.54 Å². The summed E-state index contributed by atoms with van der Waals surface area (Å²) in [6, 6.07) is 1.86. The number of nitrogens with one attached hydrogen (secondary N) is 1. The fraction of sp³-hybridized carbons (Fsp3) is 0.643. The Hall–Kier alpha value is -0.960. The molecule has 2 rings (SSSR count). The van der Waals surface area contributed by atoms with E-state index in [2.05, 4.69) is 17.2 Å². The van der Waals surface area contributed by atoms with Gasteiger partial charge in [-0.1, -0.05) is 32.6 Å².